The van der Waals surface area contributed by atoms with Crippen molar-refractivity contribution in [2.24, 2.45) is 0 Å². The molecule has 0 unspecified atom stereocenters. The second-order valence-corrected chi connectivity index (χ2v) is 2.49. The first kappa shape index (κ1) is 15.4. The average molecular weight is 205 g/mol. The highest BCUT2D eigenvalue weighted by Crippen LogP contribution is 1.98. The number of methoxy groups -OCH3 is 1. The van der Waals surface area contributed by atoms with E-state index in [1.54, 1.807) is 7.11 Å². The van der Waals surface area contributed by atoms with Gasteiger partial charge in [-0.05, 0) is 19.8 Å². The lowest BCUT2D eigenvalue weighted by Gasteiger charge is -1.92. The van der Waals surface area contributed by atoms with Crippen molar-refractivity contribution in [2.45, 2.75) is 25.7 Å². The lowest BCUT2D eigenvalue weighted by molar-refractivity contribution is -0.139. The summed E-state index contributed by atoms with van der Waals surface area (Å²) in [5.41, 5.74) is 0. The van der Waals surface area contributed by atoms with E-state index in [4.69, 9.17) is 10.2 Å². The van der Waals surface area contributed by atoms with Crippen molar-refractivity contribution in [1.82, 2.24) is 0 Å². The Morgan fingerprint density at radius 1 is 1.14 bits per heavy atom. The minimum absolute atomic E-state index is 0.0628. The number of carboxylic acid groups (broad SMARTS) is 2. The van der Waals surface area contributed by atoms with Gasteiger partial charge in [0.15, 0.2) is 0 Å². The van der Waals surface area contributed by atoms with Crippen molar-refractivity contribution < 1.29 is 24.5 Å². The zero-order chi connectivity index (χ0) is 11.4. The summed E-state index contributed by atoms with van der Waals surface area (Å²) in [7, 11) is 1.62. The van der Waals surface area contributed by atoms with Gasteiger partial charge < -0.3 is 14.9 Å². The van der Waals surface area contributed by atoms with Gasteiger partial charge in [-0.1, -0.05) is 0 Å². The van der Waals surface area contributed by atoms with Crippen molar-refractivity contribution >= 4 is 11.9 Å². The van der Waals surface area contributed by atoms with Gasteiger partial charge in [-0.3, -0.25) is 9.59 Å². The molecule has 0 amide bonds. The van der Waals surface area contributed by atoms with E-state index >= 15 is 0 Å². The van der Waals surface area contributed by atoms with E-state index in [1.165, 1.54) is 0 Å². The van der Waals surface area contributed by atoms with Gasteiger partial charge in [0.25, 0.3) is 0 Å². The Bertz CT molecular complexity index is 137. The quantitative estimate of drug-likeness (QED) is 0.636. The topological polar surface area (TPSA) is 83.8 Å². The fraction of sp³-hybridized carbons (Fsp3) is 0.667. The van der Waals surface area contributed by atoms with Crippen LogP contribution in [0.1, 0.15) is 25.7 Å². The van der Waals surface area contributed by atoms with Gasteiger partial charge in [0, 0.05) is 26.6 Å². The molecular formula is C9H17O5. The molecule has 0 aromatic rings. The molecule has 0 atom stereocenters. The molecule has 0 aliphatic heterocycles. The molecule has 0 spiro atoms. The Morgan fingerprint density at radius 2 is 1.43 bits per heavy atom. The largest absolute Gasteiger partial charge is 0.481 e. The van der Waals surface area contributed by atoms with Crippen LogP contribution >= 0.6 is 0 Å². The summed E-state index contributed by atoms with van der Waals surface area (Å²) in [6.45, 7) is 3.95. The van der Waals surface area contributed by atoms with Crippen molar-refractivity contribution in [3.05, 3.63) is 6.92 Å². The average Bonchev–Trinajstić information content (AvgIpc) is 2.12. The van der Waals surface area contributed by atoms with E-state index in [9.17, 15) is 9.59 Å². The van der Waals surface area contributed by atoms with Gasteiger partial charge in [-0.15, -0.1) is 0 Å². The van der Waals surface area contributed by atoms with E-state index < -0.39 is 11.9 Å². The third kappa shape index (κ3) is 22.4. The summed E-state index contributed by atoms with van der Waals surface area (Å²) in [6.07, 6.45) is 1.02. The molecule has 0 aliphatic rings. The van der Waals surface area contributed by atoms with Gasteiger partial charge >= 0.3 is 11.9 Å². The monoisotopic (exact) mass is 205 g/mol. The number of rotatable bonds is 6. The Labute approximate surface area is 83.7 Å². The fourth-order valence-electron chi connectivity index (χ4n) is 0.552. The molecule has 14 heavy (non-hydrogen) atoms. The zero-order valence-electron chi connectivity index (χ0n) is 8.36. The summed E-state index contributed by atoms with van der Waals surface area (Å²) in [4.78, 5) is 19.8. The summed E-state index contributed by atoms with van der Waals surface area (Å²) in [6, 6.07) is 0. The molecule has 0 rings (SSSR count). The smallest absolute Gasteiger partial charge is 0.303 e. The maximum atomic E-state index is 9.90. The fourth-order valence-corrected chi connectivity index (χ4v) is 0.552. The van der Waals surface area contributed by atoms with Crippen LogP contribution in [0.4, 0.5) is 0 Å². The Balaban J connectivity index is 0. The lowest BCUT2D eigenvalue weighted by atomic mass is 10.2. The predicted molar refractivity (Wildman–Crippen MR) is 51.0 cm³/mol. The predicted octanol–water partition coefficient (Wildman–Crippen LogP) is 1.18. The third-order valence-electron chi connectivity index (χ3n) is 1.24. The highest BCUT2D eigenvalue weighted by Gasteiger charge is 1.99. The van der Waals surface area contributed by atoms with Gasteiger partial charge in [0.2, 0.25) is 0 Å². The van der Waals surface area contributed by atoms with Crippen LogP contribution in [0.5, 0.6) is 0 Å². The SMILES string of the molecule is O=C(O)CCCCC(=O)O.[CH2]COC. The van der Waals surface area contributed by atoms with Crippen LogP contribution in [-0.4, -0.2) is 35.9 Å². The van der Waals surface area contributed by atoms with E-state index in [-0.39, 0.29) is 12.8 Å². The number of ether oxygens (including phenoxy) is 1. The van der Waals surface area contributed by atoms with Crippen LogP contribution in [-0.2, 0) is 14.3 Å². The molecule has 1 radical (unpaired) electrons. The second kappa shape index (κ2) is 11.9. The van der Waals surface area contributed by atoms with E-state index in [0.29, 0.717) is 19.4 Å². The standard InChI is InChI=1S/C6H10O4.C3H7O/c7-5(8)3-1-2-4-6(9)10;1-3-4-2/h1-4H2,(H,7,8)(H,9,10);1,3H2,2H3. The summed E-state index contributed by atoms with van der Waals surface area (Å²) in [5.74, 6) is -1.74. The number of carbonyl (C=O) groups is 2. The van der Waals surface area contributed by atoms with Crippen molar-refractivity contribution in [1.29, 1.82) is 0 Å². The molecule has 0 aromatic heterocycles. The molecule has 0 fully saturated rings. The van der Waals surface area contributed by atoms with E-state index in [0.717, 1.165) is 0 Å². The van der Waals surface area contributed by atoms with E-state index in [2.05, 4.69) is 11.7 Å². The van der Waals surface area contributed by atoms with Crippen molar-refractivity contribution in [3.8, 4) is 0 Å². The molecule has 0 saturated heterocycles. The molecule has 83 valence electrons. The maximum Gasteiger partial charge on any atom is 0.303 e. The normalized spacial score (nSPS) is 8.71. The molecule has 0 saturated carbocycles. The molecule has 2 N–H and O–H groups in total. The molecule has 0 bridgehead atoms. The highest BCUT2D eigenvalue weighted by molar-refractivity contribution is 5.67. The number of aliphatic carboxylic acids is 2. The molecule has 0 aromatic carbocycles. The second-order valence-electron chi connectivity index (χ2n) is 2.49. The first-order chi connectivity index (χ1) is 6.54. The number of carboxylic acids is 2. The van der Waals surface area contributed by atoms with Crippen LogP contribution < -0.4 is 0 Å². The number of unbranched alkanes of at least 4 members (excludes halogenated alkanes) is 1. The number of hydrogen-bond donors (Lipinski definition) is 2. The van der Waals surface area contributed by atoms with Gasteiger partial charge in [0.05, 0.1) is 0 Å². The van der Waals surface area contributed by atoms with Crippen LogP contribution in [0.15, 0.2) is 0 Å². The molecular weight excluding hydrogens is 188 g/mol. The summed E-state index contributed by atoms with van der Waals surface area (Å²) < 4.78 is 4.43. The van der Waals surface area contributed by atoms with Crippen LogP contribution in [0.25, 0.3) is 0 Å². The highest BCUT2D eigenvalue weighted by atomic mass is 16.5. The van der Waals surface area contributed by atoms with Crippen molar-refractivity contribution in [2.75, 3.05) is 13.7 Å². The van der Waals surface area contributed by atoms with Crippen LogP contribution in [0, 0.1) is 6.92 Å². The number of hydrogen-bond acceptors (Lipinski definition) is 3. The minimum Gasteiger partial charge on any atom is -0.481 e. The van der Waals surface area contributed by atoms with Crippen LogP contribution in [0.2, 0.25) is 0 Å². The van der Waals surface area contributed by atoms with Crippen molar-refractivity contribution in [3.63, 3.8) is 0 Å². The summed E-state index contributed by atoms with van der Waals surface area (Å²) in [5, 5.41) is 16.3. The minimum atomic E-state index is -0.870. The van der Waals surface area contributed by atoms with Gasteiger partial charge in [0.1, 0.15) is 0 Å². The molecule has 5 nitrogen and oxygen atoms in total. The zero-order valence-corrected chi connectivity index (χ0v) is 8.36. The molecule has 0 heterocycles. The van der Waals surface area contributed by atoms with Crippen LogP contribution in [0.3, 0.4) is 0 Å². The lowest BCUT2D eigenvalue weighted by Crippen LogP contribution is -1.97. The van der Waals surface area contributed by atoms with Gasteiger partial charge in [-0.2, -0.15) is 0 Å². The third-order valence-corrected chi connectivity index (χ3v) is 1.24. The van der Waals surface area contributed by atoms with Gasteiger partial charge in [-0.25, -0.2) is 0 Å². The molecule has 0 aliphatic carbocycles. The Morgan fingerprint density at radius 3 is 1.57 bits per heavy atom. The summed E-state index contributed by atoms with van der Waals surface area (Å²) >= 11 is 0. The Hall–Kier alpha value is -1.10. The van der Waals surface area contributed by atoms with E-state index in [1.807, 2.05) is 0 Å². The maximum absolute atomic E-state index is 9.90. The Kier molecular flexibility index (Phi) is 13.1. The first-order valence-corrected chi connectivity index (χ1v) is 4.26. The molecule has 5 heteroatoms. The first-order valence-electron chi connectivity index (χ1n) is 4.26.